The highest BCUT2D eigenvalue weighted by molar-refractivity contribution is 5.11. The van der Waals surface area contributed by atoms with Crippen LogP contribution in [0.1, 0.15) is 131 Å². The average molecular weight is 569 g/mol. The molecular weight excluding hydrogens is 492 g/mol. The van der Waals surface area contributed by atoms with Crippen LogP contribution >= 0.6 is 0 Å². The third-order valence-corrected chi connectivity index (χ3v) is 16.4. The van der Waals surface area contributed by atoms with Crippen molar-refractivity contribution in [2.75, 3.05) is 0 Å². The quantitative estimate of drug-likeness (QED) is 0.311. The van der Waals surface area contributed by atoms with Crippen LogP contribution in [0.15, 0.2) is 0 Å². The predicted octanol–water partition coefficient (Wildman–Crippen LogP) is 12.1. The minimum atomic E-state index is 0.500. The van der Waals surface area contributed by atoms with E-state index in [-0.39, 0.29) is 0 Å². The Hall–Kier alpha value is 0. The van der Waals surface area contributed by atoms with Gasteiger partial charge in [-0.25, -0.2) is 0 Å². The Morgan fingerprint density at radius 3 is 1.02 bits per heavy atom. The van der Waals surface area contributed by atoms with Gasteiger partial charge in [0.15, 0.2) is 0 Å². The van der Waals surface area contributed by atoms with Crippen molar-refractivity contribution in [3.05, 3.63) is 0 Å². The lowest BCUT2D eigenvalue weighted by atomic mass is 9.53. The Balaban J connectivity index is 0.000000714. The van der Waals surface area contributed by atoms with Crippen molar-refractivity contribution in [3.63, 3.8) is 0 Å². The van der Waals surface area contributed by atoms with Gasteiger partial charge in [0.1, 0.15) is 0 Å². The lowest BCUT2D eigenvalue weighted by Gasteiger charge is -2.51. The molecule has 0 aromatic carbocycles. The first-order valence-corrected chi connectivity index (χ1v) is 18.8. The van der Waals surface area contributed by atoms with Crippen LogP contribution in [0.25, 0.3) is 0 Å². The van der Waals surface area contributed by atoms with Gasteiger partial charge in [-0.1, -0.05) is 118 Å². The molecule has 5 saturated carbocycles. The van der Waals surface area contributed by atoms with E-state index in [2.05, 4.69) is 118 Å². The van der Waals surface area contributed by atoms with E-state index in [1.165, 1.54) is 6.42 Å². The maximum atomic E-state index is 2.70. The first-order chi connectivity index (χ1) is 18.8. The van der Waals surface area contributed by atoms with E-state index >= 15 is 0 Å². The Kier molecular flexibility index (Phi) is 9.97. The second-order valence-corrected chi connectivity index (χ2v) is 19.6. The molecule has 0 saturated heterocycles. The lowest BCUT2D eigenvalue weighted by Crippen LogP contribution is -2.46. The summed E-state index contributed by atoms with van der Waals surface area (Å²) < 4.78 is 0. The van der Waals surface area contributed by atoms with Crippen molar-refractivity contribution >= 4 is 0 Å². The number of fused-ring (bicyclic) bond motifs is 4. The van der Waals surface area contributed by atoms with E-state index in [1.807, 2.05) is 0 Å². The fourth-order valence-electron chi connectivity index (χ4n) is 13.1. The average Bonchev–Trinajstić information content (AvgIpc) is 3.40. The third kappa shape index (κ3) is 5.78. The Morgan fingerprint density at radius 2 is 0.659 bits per heavy atom. The molecule has 240 valence electrons. The van der Waals surface area contributed by atoms with E-state index in [0.717, 1.165) is 124 Å². The molecule has 0 aromatic heterocycles. The molecule has 20 unspecified atom stereocenters. The second kappa shape index (κ2) is 12.1. The number of hydrogen-bond donors (Lipinski definition) is 0. The molecule has 5 fully saturated rings. The second-order valence-electron chi connectivity index (χ2n) is 19.6. The Bertz CT molecular complexity index is 820. The van der Waals surface area contributed by atoms with Gasteiger partial charge in [0.25, 0.3) is 0 Å². The lowest BCUT2D eigenvalue weighted by molar-refractivity contribution is -0.0377. The smallest absolute Gasteiger partial charge is 0.0318 e. The van der Waals surface area contributed by atoms with E-state index in [0.29, 0.717) is 5.41 Å². The van der Waals surface area contributed by atoms with Gasteiger partial charge in [-0.05, 0) is 143 Å². The molecule has 20 atom stereocenters. The normalized spacial score (nSPS) is 58.6. The van der Waals surface area contributed by atoms with Gasteiger partial charge >= 0.3 is 0 Å². The molecule has 0 aliphatic heterocycles. The van der Waals surface area contributed by atoms with Gasteiger partial charge in [-0.2, -0.15) is 0 Å². The van der Waals surface area contributed by atoms with Crippen LogP contribution in [-0.2, 0) is 0 Å². The van der Waals surface area contributed by atoms with Gasteiger partial charge in [0.05, 0.1) is 0 Å². The van der Waals surface area contributed by atoms with Crippen LogP contribution < -0.4 is 0 Å². The molecule has 5 rings (SSSR count). The summed E-state index contributed by atoms with van der Waals surface area (Å²) in [7, 11) is 0. The summed E-state index contributed by atoms with van der Waals surface area (Å²) in [4.78, 5) is 0. The summed E-state index contributed by atoms with van der Waals surface area (Å²) in [6.07, 6.45) is 3.09. The van der Waals surface area contributed by atoms with E-state index in [9.17, 15) is 0 Å². The molecule has 0 heteroatoms. The van der Waals surface area contributed by atoms with Crippen molar-refractivity contribution in [2.45, 2.75) is 131 Å². The highest BCUT2D eigenvalue weighted by Gasteiger charge is 2.64. The SMILES string of the molecule is CC(C)(C)C.CC1CC2C(C)C(C)C(C)C(C)C2C1CC1C2C(C)C(C)C(C)C(C)C2C2C(C)C(C)C(C)C(C)C12. The van der Waals surface area contributed by atoms with E-state index in [1.54, 1.807) is 6.42 Å². The molecule has 0 spiro atoms. The van der Waals surface area contributed by atoms with Gasteiger partial charge in [0.2, 0.25) is 0 Å². The third-order valence-electron chi connectivity index (χ3n) is 16.4. The molecule has 41 heavy (non-hydrogen) atoms. The van der Waals surface area contributed by atoms with Crippen LogP contribution in [0.4, 0.5) is 0 Å². The summed E-state index contributed by atoms with van der Waals surface area (Å²) >= 11 is 0. The highest BCUT2D eigenvalue weighted by atomic mass is 14.7. The molecule has 0 bridgehead atoms. The number of hydrogen-bond acceptors (Lipinski definition) is 0. The molecule has 0 amide bonds. The molecule has 0 heterocycles. The standard InChI is InChI=1S/C36H64.C5H12/c1-16-14-30-23(8)17(2)18(3)24(9)32(30)29(16)15-31-33-25(10)19(4)21(6)27(12)35(33)36-28(13)22(7)20(5)26(11)34(31)36;1-5(2,3)4/h16-36H,14-15H2,1-13H3;1-4H3. The van der Waals surface area contributed by atoms with Gasteiger partial charge < -0.3 is 0 Å². The molecule has 5 aliphatic rings. The van der Waals surface area contributed by atoms with Crippen molar-refractivity contribution < 1.29 is 0 Å². The van der Waals surface area contributed by atoms with Crippen molar-refractivity contribution in [2.24, 2.45) is 130 Å². The molecule has 0 N–H and O–H groups in total. The van der Waals surface area contributed by atoms with Gasteiger partial charge in [-0.3, -0.25) is 0 Å². The molecule has 0 nitrogen and oxygen atoms in total. The van der Waals surface area contributed by atoms with Crippen molar-refractivity contribution in [3.8, 4) is 0 Å². The number of rotatable bonds is 2. The summed E-state index contributed by atoms with van der Waals surface area (Å²) in [5.41, 5.74) is 0.500. The molecule has 5 aliphatic carbocycles. The first-order valence-electron chi connectivity index (χ1n) is 18.8. The van der Waals surface area contributed by atoms with Crippen molar-refractivity contribution in [1.29, 1.82) is 0 Å². The summed E-state index contributed by atoms with van der Waals surface area (Å²) in [5.74, 6) is 19.5. The van der Waals surface area contributed by atoms with Crippen molar-refractivity contribution in [1.82, 2.24) is 0 Å². The largest absolute Gasteiger partial charge is 0.0622 e. The molecular formula is C41H76. The van der Waals surface area contributed by atoms with Crippen LogP contribution in [0.5, 0.6) is 0 Å². The summed E-state index contributed by atoms with van der Waals surface area (Å²) in [6, 6.07) is 0. The van der Waals surface area contributed by atoms with Crippen LogP contribution in [-0.4, -0.2) is 0 Å². The van der Waals surface area contributed by atoms with Crippen LogP contribution in [0, 0.1) is 130 Å². The zero-order valence-electron chi connectivity index (χ0n) is 31.0. The first kappa shape index (κ1) is 33.9. The van der Waals surface area contributed by atoms with Gasteiger partial charge in [-0.15, -0.1) is 0 Å². The van der Waals surface area contributed by atoms with Crippen LogP contribution in [0.3, 0.4) is 0 Å². The maximum Gasteiger partial charge on any atom is -0.0318 e. The minimum absolute atomic E-state index is 0.500. The minimum Gasteiger partial charge on any atom is -0.0622 e. The monoisotopic (exact) mass is 569 g/mol. The zero-order chi connectivity index (χ0) is 31.0. The topological polar surface area (TPSA) is 0 Å². The maximum absolute atomic E-state index is 2.70. The predicted molar refractivity (Wildman–Crippen MR) is 181 cm³/mol. The highest BCUT2D eigenvalue weighted by Crippen LogP contribution is 2.69. The van der Waals surface area contributed by atoms with Gasteiger partial charge in [0, 0.05) is 0 Å². The Labute approximate surface area is 259 Å². The van der Waals surface area contributed by atoms with E-state index in [4.69, 9.17) is 0 Å². The van der Waals surface area contributed by atoms with E-state index < -0.39 is 0 Å². The fourth-order valence-corrected chi connectivity index (χ4v) is 13.1. The fraction of sp³-hybridized carbons (Fsp3) is 1.00. The zero-order valence-corrected chi connectivity index (χ0v) is 31.0. The molecule has 0 radical (unpaired) electrons. The summed E-state index contributed by atoms with van der Waals surface area (Å²) in [6.45, 7) is 43.2. The summed E-state index contributed by atoms with van der Waals surface area (Å²) in [5, 5.41) is 0. The van der Waals surface area contributed by atoms with Crippen LogP contribution in [0.2, 0.25) is 0 Å². The Morgan fingerprint density at radius 1 is 0.366 bits per heavy atom. The molecule has 0 aromatic rings.